The second-order valence-corrected chi connectivity index (χ2v) is 23.0. The predicted octanol–water partition coefficient (Wildman–Crippen LogP) is 7.27. The number of anilines is 3. The number of carbonyl (C=O) groups is 1. The lowest BCUT2D eigenvalue weighted by atomic mass is 9.98. The minimum absolute atomic E-state index is 0.0350. The van der Waals surface area contributed by atoms with Gasteiger partial charge in [0.1, 0.15) is 0 Å². The van der Waals surface area contributed by atoms with Gasteiger partial charge in [0.15, 0.2) is 9.79 Å². The van der Waals surface area contributed by atoms with Gasteiger partial charge in [-0.15, -0.1) is 0 Å². The molecule has 8 N–H and O–H groups in total. The smallest absolute Gasteiger partial charge is 0.333 e. The second-order valence-electron chi connectivity index (χ2n) is 19.0. The van der Waals surface area contributed by atoms with Crippen molar-refractivity contribution < 1.29 is 31.1 Å². The number of hydrogen-bond acceptors (Lipinski definition) is 11. The second kappa shape index (κ2) is 19.3. The average molecular weight is 1020 g/mol. The third kappa shape index (κ3) is 9.15. The molecule has 0 saturated heterocycles. The molecule has 0 radical (unpaired) electrons. The SMILES string of the molecule is NS(=O)(=O)c1cnn2c1OCCC2.Nc1c2c(c(Cl)c3c1CCC3)CCC2.Nc1c2c(cc3c1CCC3)CCC2.O=C(Nc1c2c(c(Cl)c3c1CCC3)CCC2)NS(=O)(=O)c1cnn2c1OCCC2. The molecule has 69 heavy (non-hydrogen) atoms. The summed E-state index contributed by atoms with van der Waals surface area (Å²) in [6.45, 7) is 2.18. The molecular formula is C49H59Cl2N9O7S2. The molecule has 0 bridgehead atoms. The molecule has 13 rings (SSSR count). The third-order valence-electron chi connectivity index (χ3n) is 14.8. The maximum absolute atomic E-state index is 12.8. The zero-order chi connectivity index (χ0) is 48.2. The van der Waals surface area contributed by atoms with Crippen LogP contribution in [0.15, 0.2) is 28.3 Å². The number of halogens is 2. The van der Waals surface area contributed by atoms with Crippen molar-refractivity contribution >= 4 is 66.3 Å². The number of urea groups is 1. The number of nitrogens with one attached hydrogen (secondary N) is 2. The van der Waals surface area contributed by atoms with E-state index < -0.39 is 26.1 Å². The summed E-state index contributed by atoms with van der Waals surface area (Å²) in [5.41, 5.74) is 31.0. The summed E-state index contributed by atoms with van der Waals surface area (Å²) in [5, 5.41) is 17.5. The zero-order valence-corrected chi connectivity index (χ0v) is 41.8. The highest BCUT2D eigenvalue weighted by molar-refractivity contribution is 7.90. The molecule has 2 aromatic heterocycles. The van der Waals surface area contributed by atoms with Crippen molar-refractivity contribution in [3.05, 3.63) is 95.3 Å². The summed E-state index contributed by atoms with van der Waals surface area (Å²) in [4.78, 5) is 12.5. The Morgan fingerprint density at radius 1 is 0.551 bits per heavy atom. The molecule has 16 nitrogen and oxygen atoms in total. The molecule has 20 heteroatoms. The van der Waals surface area contributed by atoms with Crippen LogP contribution < -0.4 is 36.1 Å². The van der Waals surface area contributed by atoms with E-state index in [9.17, 15) is 21.6 Å². The zero-order valence-electron chi connectivity index (χ0n) is 38.7. The standard InChI is InChI=1S/C19H21ClN4O4S.C12H14ClN.C12H15N.C6H9N3O3S/c20-16-11-4-1-6-13(11)17(14-7-2-5-12(14)16)22-19(25)23-29(26,27)15-10-21-24-8-3-9-28-18(15)24;13-11-7-3-1-5-9(7)12(14)10-6-2-4-8(10)11;13-12-10-5-1-3-8(10)7-9-4-2-6-11(9)12;7-13(10,11)5-4-8-9-2-1-3-12-6(5)9/h10H,1-9H2,(H2,22,23,25);1-6,14H2;7H,1-6,13H2;4H,1-3H2,(H2,7,10,11). The van der Waals surface area contributed by atoms with E-state index >= 15 is 0 Å². The summed E-state index contributed by atoms with van der Waals surface area (Å²) in [6.07, 6.45) is 23.9. The van der Waals surface area contributed by atoms with Crippen LogP contribution in [0.2, 0.25) is 10.0 Å². The van der Waals surface area contributed by atoms with Crippen LogP contribution in [0.3, 0.4) is 0 Å². The normalized spacial score (nSPS) is 17.6. The first-order valence-corrected chi connectivity index (χ1v) is 28.1. The first kappa shape index (κ1) is 47.7. The largest absolute Gasteiger partial charge is 0.477 e. The number of nitrogens with two attached hydrogens (primary N) is 3. The average Bonchev–Trinajstić information content (AvgIpc) is 4.18. The Morgan fingerprint density at radius 2 is 0.942 bits per heavy atom. The number of rotatable bonds is 4. The van der Waals surface area contributed by atoms with Crippen molar-refractivity contribution in [3.63, 3.8) is 0 Å². The predicted molar refractivity (Wildman–Crippen MR) is 266 cm³/mol. The van der Waals surface area contributed by atoms with Gasteiger partial charge in [0.25, 0.3) is 10.0 Å². The number of aryl methyl sites for hydroxylation is 4. The van der Waals surface area contributed by atoms with Crippen LogP contribution in [0.25, 0.3) is 0 Å². The summed E-state index contributed by atoms with van der Waals surface area (Å²) >= 11 is 13.0. The number of nitrogen functional groups attached to an aromatic ring is 2. The maximum atomic E-state index is 12.8. The molecule has 0 unspecified atom stereocenters. The van der Waals surface area contributed by atoms with Crippen molar-refractivity contribution in [2.24, 2.45) is 5.14 Å². The van der Waals surface area contributed by atoms with Crippen molar-refractivity contribution in [3.8, 4) is 11.8 Å². The molecule has 6 aliphatic carbocycles. The number of carbonyl (C=O) groups excluding carboxylic acids is 1. The Labute approximate surface area is 413 Å². The molecular weight excluding hydrogens is 962 g/mol. The van der Waals surface area contributed by atoms with Gasteiger partial charge in [0.05, 0.1) is 25.6 Å². The molecule has 8 aliphatic rings. The van der Waals surface area contributed by atoms with Crippen molar-refractivity contribution in [1.82, 2.24) is 24.3 Å². The molecule has 0 atom stereocenters. The Hall–Kier alpha value is -5.01. The van der Waals surface area contributed by atoms with E-state index in [1.54, 1.807) is 0 Å². The lowest BCUT2D eigenvalue weighted by Crippen LogP contribution is -2.35. The van der Waals surface area contributed by atoms with E-state index in [0.717, 1.165) is 126 Å². The number of ether oxygens (including phenoxy) is 2. The van der Waals surface area contributed by atoms with E-state index in [1.165, 1.54) is 118 Å². The van der Waals surface area contributed by atoms with Crippen molar-refractivity contribution in [2.45, 2.75) is 151 Å². The van der Waals surface area contributed by atoms with Gasteiger partial charge in [-0.25, -0.2) is 40.9 Å². The van der Waals surface area contributed by atoms with E-state index in [2.05, 4.69) is 26.3 Å². The van der Waals surface area contributed by atoms with Gasteiger partial charge in [-0.05, 0) is 182 Å². The highest BCUT2D eigenvalue weighted by atomic mass is 35.5. The van der Waals surface area contributed by atoms with Crippen LogP contribution in [-0.4, -0.2) is 55.6 Å². The van der Waals surface area contributed by atoms with Gasteiger partial charge < -0.3 is 26.3 Å². The van der Waals surface area contributed by atoms with E-state index in [1.807, 2.05) is 0 Å². The van der Waals surface area contributed by atoms with Gasteiger partial charge in [0.2, 0.25) is 21.8 Å². The number of amides is 2. The van der Waals surface area contributed by atoms with Crippen LogP contribution in [0.1, 0.15) is 118 Å². The van der Waals surface area contributed by atoms with E-state index in [4.69, 9.17) is 49.3 Å². The maximum Gasteiger partial charge on any atom is 0.333 e. The molecule has 2 aliphatic heterocycles. The van der Waals surface area contributed by atoms with Crippen LogP contribution in [0.4, 0.5) is 21.9 Å². The quantitative estimate of drug-likeness (QED) is 0.112. The Balaban J connectivity index is 0.000000116. The Kier molecular flexibility index (Phi) is 13.3. The number of benzene rings is 3. The third-order valence-corrected chi connectivity index (χ3v) is 17.9. The molecule has 4 heterocycles. The van der Waals surface area contributed by atoms with Gasteiger partial charge in [-0.1, -0.05) is 29.3 Å². The van der Waals surface area contributed by atoms with Crippen LogP contribution in [0.5, 0.6) is 11.8 Å². The summed E-state index contributed by atoms with van der Waals surface area (Å²) in [5.74, 6) is 0.429. The van der Waals surface area contributed by atoms with Crippen LogP contribution in [-0.2, 0) is 110 Å². The molecule has 5 aromatic rings. The molecule has 2 amide bonds. The van der Waals surface area contributed by atoms with Gasteiger partial charge >= 0.3 is 6.03 Å². The van der Waals surface area contributed by atoms with Gasteiger partial charge in [-0.2, -0.15) is 10.2 Å². The molecule has 3 aromatic carbocycles. The first-order chi connectivity index (χ1) is 33.2. The number of sulfonamides is 2. The number of primary sulfonamides is 1. The number of hydrogen-bond donors (Lipinski definition) is 5. The lowest BCUT2D eigenvalue weighted by molar-refractivity contribution is 0.224. The Morgan fingerprint density at radius 3 is 1.43 bits per heavy atom. The van der Waals surface area contributed by atoms with E-state index in [0.29, 0.717) is 26.3 Å². The highest BCUT2D eigenvalue weighted by Gasteiger charge is 2.33. The Bertz CT molecular complexity index is 2980. The molecule has 0 saturated carbocycles. The minimum atomic E-state index is -4.11. The van der Waals surface area contributed by atoms with Gasteiger partial charge in [0, 0.05) is 53.0 Å². The molecule has 0 fully saturated rings. The fraction of sp³-hybridized carbons (Fsp3) is 0.490. The fourth-order valence-corrected chi connectivity index (χ4v) is 14.0. The van der Waals surface area contributed by atoms with Crippen molar-refractivity contribution in [1.29, 1.82) is 0 Å². The number of nitrogens with zero attached hydrogens (tertiary/aromatic N) is 4. The highest BCUT2D eigenvalue weighted by Crippen LogP contribution is 2.45. The molecule has 368 valence electrons. The minimum Gasteiger partial charge on any atom is -0.477 e. The van der Waals surface area contributed by atoms with Crippen molar-refractivity contribution in [2.75, 3.05) is 30.0 Å². The fourth-order valence-electron chi connectivity index (χ4n) is 11.6. The molecule has 0 spiro atoms. The topological polar surface area (TPSA) is 242 Å². The lowest BCUT2D eigenvalue weighted by Gasteiger charge is -2.19. The summed E-state index contributed by atoms with van der Waals surface area (Å²) in [7, 11) is -7.82. The van der Waals surface area contributed by atoms with Crippen LogP contribution in [0, 0.1) is 0 Å². The van der Waals surface area contributed by atoms with Gasteiger partial charge in [-0.3, -0.25) is 0 Å². The van der Waals surface area contributed by atoms with E-state index in [-0.39, 0.29) is 21.6 Å². The first-order valence-electron chi connectivity index (χ1n) is 24.3. The summed E-state index contributed by atoms with van der Waals surface area (Å²) < 4.78 is 63.3. The summed E-state index contributed by atoms with van der Waals surface area (Å²) in [6, 6.07) is 1.63. The monoisotopic (exact) mass is 1020 g/mol. The number of fused-ring (bicyclic) bond motifs is 8. The number of aromatic nitrogens is 4. The van der Waals surface area contributed by atoms with Crippen LogP contribution >= 0.6 is 23.2 Å².